The number of carboxylic acid groups (broad SMARTS) is 1. The van der Waals surface area contributed by atoms with E-state index in [4.69, 9.17) is 4.74 Å². The fraction of sp³-hybridized carbons (Fsp3) is 0.333. The van der Waals surface area contributed by atoms with Crippen LogP contribution >= 0.6 is 0 Å². The highest BCUT2D eigenvalue weighted by Gasteiger charge is 2.41. The molecule has 9 nitrogen and oxygen atoms in total. The Morgan fingerprint density at radius 1 is 1.09 bits per heavy atom. The zero-order valence-electron chi connectivity index (χ0n) is 18.0. The number of carboxylic acids is 1. The lowest BCUT2D eigenvalue weighted by Crippen LogP contribution is -2.53. The van der Waals surface area contributed by atoms with Crippen LogP contribution in [0.3, 0.4) is 0 Å². The molecule has 4 N–H and O–H groups in total. The van der Waals surface area contributed by atoms with E-state index in [-0.39, 0.29) is 25.5 Å². The highest BCUT2D eigenvalue weighted by Crippen LogP contribution is 2.44. The first-order valence-corrected chi connectivity index (χ1v) is 10.8. The first-order chi connectivity index (χ1) is 15.9. The number of hydrogen-bond donors (Lipinski definition) is 4. The van der Waals surface area contributed by atoms with Gasteiger partial charge >= 0.3 is 12.1 Å². The van der Waals surface area contributed by atoms with Crippen molar-refractivity contribution in [3.05, 3.63) is 59.7 Å². The van der Waals surface area contributed by atoms with Crippen LogP contribution in [-0.2, 0) is 19.1 Å². The first-order valence-electron chi connectivity index (χ1n) is 10.8. The Morgan fingerprint density at radius 3 is 2.27 bits per heavy atom. The largest absolute Gasteiger partial charge is 0.481 e. The summed E-state index contributed by atoms with van der Waals surface area (Å²) in [5, 5.41) is 16.6. The lowest BCUT2D eigenvalue weighted by molar-refractivity contribution is -0.143. The molecule has 4 rings (SSSR count). The Balaban J connectivity index is 1.38. The molecule has 1 aliphatic carbocycles. The van der Waals surface area contributed by atoms with Crippen LogP contribution in [0.15, 0.2) is 48.5 Å². The maximum atomic E-state index is 12.6. The summed E-state index contributed by atoms with van der Waals surface area (Å²) in [5.74, 6) is -3.56. The monoisotopic (exact) mass is 451 g/mol. The lowest BCUT2D eigenvalue weighted by Gasteiger charge is -2.21. The fourth-order valence-electron chi connectivity index (χ4n) is 4.41. The van der Waals surface area contributed by atoms with Gasteiger partial charge < -0.3 is 25.8 Å². The molecule has 0 bridgehead atoms. The van der Waals surface area contributed by atoms with Gasteiger partial charge in [-0.3, -0.25) is 14.4 Å². The van der Waals surface area contributed by atoms with Gasteiger partial charge in [-0.2, -0.15) is 0 Å². The number of carbonyl (C=O) groups is 4. The highest BCUT2D eigenvalue weighted by atomic mass is 16.5. The van der Waals surface area contributed by atoms with Crippen molar-refractivity contribution in [3.63, 3.8) is 0 Å². The van der Waals surface area contributed by atoms with Crippen molar-refractivity contribution >= 4 is 23.9 Å². The molecule has 1 saturated heterocycles. The molecule has 33 heavy (non-hydrogen) atoms. The number of nitrogens with one attached hydrogen (secondary N) is 3. The molecule has 0 aromatic heterocycles. The van der Waals surface area contributed by atoms with E-state index in [1.807, 2.05) is 48.5 Å². The molecule has 1 aliphatic heterocycles. The quantitative estimate of drug-likeness (QED) is 0.506. The number of carbonyl (C=O) groups excluding carboxylic acids is 3. The number of benzene rings is 2. The standard InChI is InChI=1S/C24H25N3O6/c1-2-19(21(28)27-20-17(23(30)31)11-25-22(20)29)26-24(32)33-12-18-15-9-5-3-7-13(15)14-8-4-6-10-16(14)18/h3-10,17-20H,2,11-12H2,1H3,(H,25,29)(H,26,32)(H,27,28)(H,30,31)/t17?,19-,20?/m0/s1. The Bertz CT molecular complexity index is 1060. The molecule has 2 aromatic rings. The number of hydrogen-bond acceptors (Lipinski definition) is 5. The van der Waals surface area contributed by atoms with Crippen LogP contribution < -0.4 is 16.0 Å². The van der Waals surface area contributed by atoms with E-state index in [1.165, 1.54) is 0 Å². The summed E-state index contributed by atoms with van der Waals surface area (Å²) in [4.78, 5) is 48.3. The Kier molecular flexibility index (Phi) is 6.30. The van der Waals surface area contributed by atoms with Crippen LogP contribution in [0.1, 0.15) is 30.4 Å². The van der Waals surface area contributed by atoms with Gasteiger partial charge in [-0.1, -0.05) is 55.5 Å². The maximum absolute atomic E-state index is 12.6. The summed E-state index contributed by atoms with van der Waals surface area (Å²) in [6, 6.07) is 13.8. The van der Waals surface area contributed by atoms with Gasteiger partial charge in [0.25, 0.3) is 0 Å². The molecule has 2 unspecified atom stereocenters. The number of aliphatic carboxylic acids is 1. The molecule has 1 heterocycles. The summed E-state index contributed by atoms with van der Waals surface area (Å²) < 4.78 is 5.47. The number of ether oxygens (including phenoxy) is 1. The molecule has 0 saturated carbocycles. The Labute approximate surface area is 190 Å². The Hall–Kier alpha value is -3.88. The molecule has 3 amide bonds. The van der Waals surface area contributed by atoms with Crippen LogP contribution in [0.2, 0.25) is 0 Å². The normalized spacial score (nSPS) is 19.7. The number of fused-ring (bicyclic) bond motifs is 3. The lowest BCUT2D eigenvalue weighted by atomic mass is 9.98. The smallest absolute Gasteiger partial charge is 0.407 e. The topological polar surface area (TPSA) is 134 Å². The first kappa shape index (κ1) is 22.3. The molecular formula is C24H25N3O6. The minimum absolute atomic E-state index is 0.0598. The predicted octanol–water partition coefficient (Wildman–Crippen LogP) is 1.62. The highest BCUT2D eigenvalue weighted by molar-refractivity contribution is 5.96. The second-order valence-corrected chi connectivity index (χ2v) is 8.11. The van der Waals surface area contributed by atoms with Crippen LogP contribution in [0.4, 0.5) is 4.79 Å². The van der Waals surface area contributed by atoms with Gasteiger partial charge in [0, 0.05) is 12.5 Å². The predicted molar refractivity (Wildman–Crippen MR) is 118 cm³/mol. The van der Waals surface area contributed by atoms with Crippen molar-refractivity contribution in [2.75, 3.05) is 13.2 Å². The SMILES string of the molecule is CC[C@H](NC(=O)OCC1c2ccccc2-c2ccccc21)C(=O)NC1C(=O)NCC1C(=O)O. The van der Waals surface area contributed by atoms with E-state index in [0.717, 1.165) is 22.3 Å². The van der Waals surface area contributed by atoms with Crippen molar-refractivity contribution in [1.82, 2.24) is 16.0 Å². The summed E-state index contributed by atoms with van der Waals surface area (Å²) in [6.45, 7) is 1.73. The third-order valence-corrected chi connectivity index (χ3v) is 6.16. The van der Waals surface area contributed by atoms with Crippen molar-refractivity contribution in [1.29, 1.82) is 0 Å². The molecule has 1 fully saturated rings. The molecule has 3 atom stereocenters. The van der Waals surface area contributed by atoms with E-state index in [1.54, 1.807) is 6.92 Å². The molecule has 0 radical (unpaired) electrons. The molecule has 0 spiro atoms. The van der Waals surface area contributed by atoms with E-state index >= 15 is 0 Å². The second kappa shape index (κ2) is 9.32. The average Bonchev–Trinajstić information content (AvgIpc) is 3.34. The average molecular weight is 451 g/mol. The molecule has 172 valence electrons. The number of alkyl carbamates (subject to hydrolysis) is 1. The minimum atomic E-state index is -1.19. The van der Waals surface area contributed by atoms with E-state index < -0.39 is 41.9 Å². The van der Waals surface area contributed by atoms with Crippen LogP contribution in [0.5, 0.6) is 0 Å². The van der Waals surface area contributed by atoms with E-state index in [0.29, 0.717) is 0 Å². The third kappa shape index (κ3) is 4.39. The van der Waals surface area contributed by atoms with E-state index in [2.05, 4.69) is 16.0 Å². The van der Waals surface area contributed by atoms with Gasteiger partial charge in [0.2, 0.25) is 11.8 Å². The minimum Gasteiger partial charge on any atom is -0.481 e. The molecule has 2 aromatic carbocycles. The van der Waals surface area contributed by atoms with Crippen LogP contribution in [0.25, 0.3) is 11.1 Å². The molecular weight excluding hydrogens is 426 g/mol. The van der Waals surface area contributed by atoms with Crippen molar-refractivity contribution in [2.24, 2.45) is 5.92 Å². The zero-order chi connectivity index (χ0) is 23.5. The van der Waals surface area contributed by atoms with Gasteiger partial charge in [0.05, 0.1) is 0 Å². The zero-order valence-corrected chi connectivity index (χ0v) is 18.0. The third-order valence-electron chi connectivity index (χ3n) is 6.16. The van der Waals surface area contributed by atoms with Gasteiger partial charge in [-0.25, -0.2) is 4.79 Å². The second-order valence-electron chi connectivity index (χ2n) is 8.11. The van der Waals surface area contributed by atoms with Crippen LogP contribution in [-0.4, -0.2) is 54.2 Å². The van der Waals surface area contributed by atoms with E-state index in [9.17, 15) is 24.3 Å². The van der Waals surface area contributed by atoms with Crippen LogP contribution in [0, 0.1) is 5.92 Å². The van der Waals surface area contributed by atoms with Gasteiger partial charge in [0.15, 0.2) is 0 Å². The fourth-order valence-corrected chi connectivity index (χ4v) is 4.41. The summed E-state index contributed by atoms with van der Waals surface area (Å²) in [5.41, 5.74) is 4.36. The number of amides is 3. The van der Waals surface area contributed by atoms with Crippen molar-refractivity contribution in [3.8, 4) is 11.1 Å². The van der Waals surface area contributed by atoms with Gasteiger partial charge in [0.1, 0.15) is 24.6 Å². The summed E-state index contributed by atoms with van der Waals surface area (Å²) >= 11 is 0. The van der Waals surface area contributed by atoms with Gasteiger partial charge in [-0.05, 0) is 28.7 Å². The van der Waals surface area contributed by atoms with Gasteiger partial charge in [-0.15, -0.1) is 0 Å². The number of rotatable bonds is 7. The summed E-state index contributed by atoms with van der Waals surface area (Å²) in [6.07, 6.45) is -0.522. The Morgan fingerprint density at radius 2 is 1.70 bits per heavy atom. The molecule has 9 heteroatoms. The van der Waals surface area contributed by atoms with Crippen molar-refractivity contribution < 1.29 is 29.0 Å². The summed E-state index contributed by atoms with van der Waals surface area (Å²) in [7, 11) is 0. The molecule has 2 aliphatic rings. The maximum Gasteiger partial charge on any atom is 0.407 e. The van der Waals surface area contributed by atoms with Crippen molar-refractivity contribution in [2.45, 2.75) is 31.3 Å².